The molecule has 0 aromatic heterocycles. The molecule has 2 aliphatic heterocycles. The van der Waals surface area contributed by atoms with E-state index in [-0.39, 0.29) is 25.2 Å². The molecule has 2 amide bonds. The number of hydrogen-bond donors (Lipinski definition) is 1. The van der Waals surface area contributed by atoms with Crippen molar-refractivity contribution in [3.63, 3.8) is 0 Å². The van der Waals surface area contributed by atoms with E-state index in [4.69, 9.17) is 15.2 Å². The summed E-state index contributed by atoms with van der Waals surface area (Å²) >= 11 is 0. The fraction of sp³-hybridized carbons (Fsp3) is 0.429. The molecule has 1 atom stereocenters. The Morgan fingerprint density at radius 1 is 1.15 bits per heavy atom. The van der Waals surface area contributed by atoms with E-state index in [1.807, 2.05) is 6.07 Å². The summed E-state index contributed by atoms with van der Waals surface area (Å²) < 4.78 is 10.5. The van der Waals surface area contributed by atoms with Crippen molar-refractivity contribution >= 4 is 11.8 Å². The Bertz CT molecular complexity index is 542. The van der Waals surface area contributed by atoms with E-state index in [0.29, 0.717) is 30.8 Å². The van der Waals surface area contributed by atoms with E-state index in [1.165, 1.54) is 4.90 Å². The molecule has 0 aliphatic carbocycles. The lowest BCUT2D eigenvalue weighted by molar-refractivity contribution is -0.148. The van der Waals surface area contributed by atoms with E-state index < -0.39 is 6.04 Å². The Kier molecular flexibility index (Phi) is 3.31. The van der Waals surface area contributed by atoms with Crippen LogP contribution < -0.4 is 15.2 Å². The van der Waals surface area contributed by atoms with E-state index >= 15 is 0 Å². The molecular weight excluding hydrogens is 260 g/mol. The third-order valence-corrected chi connectivity index (χ3v) is 3.59. The van der Waals surface area contributed by atoms with Crippen molar-refractivity contribution in [3.05, 3.63) is 23.8 Å². The first-order valence-corrected chi connectivity index (χ1v) is 6.63. The van der Waals surface area contributed by atoms with E-state index in [9.17, 15) is 9.59 Å². The minimum Gasteiger partial charge on any atom is -0.454 e. The Hall–Kier alpha value is -2.08. The average Bonchev–Trinajstić information content (AvgIpc) is 2.90. The van der Waals surface area contributed by atoms with E-state index in [0.717, 1.165) is 5.56 Å². The minimum atomic E-state index is -0.421. The molecule has 0 spiro atoms. The molecule has 106 valence electrons. The van der Waals surface area contributed by atoms with Crippen molar-refractivity contribution in [1.29, 1.82) is 0 Å². The Labute approximate surface area is 116 Å². The van der Waals surface area contributed by atoms with Gasteiger partial charge in [-0.25, -0.2) is 0 Å². The van der Waals surface area contributed by atoms with Gasteiger partial charge in [0.15, 0.2) is 11.5 Å². The van der Waals surface area contributed by atoms with Crippen LogP contribution in [0.5, 0.6) is 11.5 Å². The summed E-state index contributed by atoms with van der Waals surface area (Å²) in [6.45, 7) is 0.411. The Morgan fingerprint density at radius 2 is 1.85 bits per heavy atom. The standard InChI is InChI=1S/C14H16N2O4/c15-10(7-16-13(17)2-1-3-14(16)18)9-4-5-11-12(6-9)20-8-19-11/h4-6,10H,1-3,7-8,15H2. The van der Waals surface area contributed by atoms with Gasteiger partial charge in [0, 0.05) is 25.4 Å². The molecule has 20 heavy (non-hydrogen) atoms. The normalized spacial score (nSPS) is 19.4. The highest BCUT2D eigenvalue weighted by molar-refractivity contribution is 5.97. The molecule has 2 N–H and O–H groups in total. The van der Waals surface area contributed by atoms with Gasteiger partial charge in [0.2, 0.25) is 18.6 Å². The quantitative estimate of drug-likeness (QED) is 0.831. The number of nitrogens with two attached hydrogens (primary N) is 1. The van der Waals surface area contributed by atoms with Crippen molar-refractivity contribution in [1.82, 2.24) is 4.90 Å². The molecule has 2 heterocycles. The lowest BCUT2D eigenvalue weighted by Gasteiger charge is -2.27. The SMILES string of the molecule is NC(CN1C(=O)CCCC1=O)c1ccc2c(c1)OCO2. The molecule has 0 radical (unpaired) electrons. The fourth-order valence-corrected chi connectivity index (χ4v) is 2.45. The highest BCUT2D eigenvalue weighted by Crippen LogP contribution is 2.34. The maximum atomic E-state index is 11.8. The topological polar surface area (TPSA) is 81.9 Å². The molecule has 1 saturated heterocycles. The van der Waals surface area contributed by atoms with Crippen LogP contribution in [0.1, 0.15) is 30.9 Å². The molecule has 1 aromatic rings. The lowest BCUT2D eigenvalue weighted by Crippen LogP contribution is -2.43. The molecule has 1 unspecified atom stereocenters. The second-order valence-corrected chi connectivity index (χ2v) is 4.97. The molecule has 2 aliphatic rings. The number of amides is 2. The van der Waals surface area contributed by atoms with Crippen LogP contribution in [-0.4, -0.2) is 30.1 Å². The summed E-state index contributed by atoms with van der Waals surface area (Å²) in [5.74, 6) is 1.05. The highest BCUT2D eigenvalue weighted by Gasteiger charge is 2.28. The number of fused-ring (bicyclic) bond motifs is 1. The maximum absolute atomic E-state index is 11.8. The zero-order valence-electron chi connectivity index (χ0n) is 11.0. The zero-order chi connectivity index (χ0) is 14.1. The fourth-order valence-electron chi connectivity index (χ4n) is 2.45. The number of ether oxygens (including phenoxy) is 2. The monoisotopic (exact) mass is 276 g/mol. The number of imide groups is 1. The predicted octanol–water partition coefficient (Wildman–Crippen LogP) is 0.954. The summed E-state index contributed by atoms with van der Waals surface area (Å²) in [6.07, 6.45) is 1.46. The first kappa shape index (κ1) is 12.9. The summed E-state index contributed by atoms with van der Waals surface area (Å²) in [4.78, 5) is 24.8. The van der Waals surface area contributed by atoms with Gasteiger partial charge in [-0.1, -0.05) is 6.07 Å². The van der Waals surface area contributed by atoms with Gasteiger partial charge in [-0.2, -0.15) is 0 Å². The third kappa shape index (κ3) is 2.34. The lowest BCUT2D eigenvalue weighted by atomic mass is 10.0. The van der Waals surface area contributed by atoms with E-state index in [1.54, 1.807) is 12.1 Å². The summed E-state index contributed by atoms with van der Waals surface area (Å²) in [6, 6.07) is 5.00. The predicted molar refractivity (Wildman–Crippen MR) is 70.1 cm³/mol. The van der Waals surface area contributed by atoms with Crippen LogP contribution in [0.4, 0.5) is 0 Å². The number of carbonyl (C=O) groups excluding carboxylic acids is 2. The van der Waals surface area contributed by atoms with E-state index in [2.05, 4.69) is 0 Å². The number of likely N-dealkylation sites (tertiary alicyclic amines) is 1. The van der Waals surface area contributed by atoms with Crippen LogP contribution in [-0.2, 0) is 9.59 Å². The summed E-state index contributed by atoms with van der Waals surface area (Å²) in [5, 5.41) is 0. The Morgan fingerprint density at radius 3 is 2.60 bits per heavy atom. The van der Waals surface area contributed by atoms with Crippen molar-refractivity contribution in [3.8, 4) is 11.5 Å². The van der Waals surface area contributed by atoms with Crippen LogP contribution in [0.25, 0.3) is 0 Å². The van der Waals surface area contributed by atoms with Gasteiger partial charge in [-0.05, 0) is 24.1 Å². The first-order valence-electron chi connectivity index (χ1n) is 6.63. The molecule has 3 rings (SSSR count). The molecule has 1 aromatic carbocycles. The van der Waals surface area contributed by atoms with Crippen molar-refractivity contribution < 1.29 is 19.1 Å². The van der Waals surface area contributed by atoms with Crippen LogP contribution in [0.3, 0.4) is 0 Å². The molecule has 6 nitrogen and oxygen atoms in total. The average molecular weight is 276 g/mol. The second kappa shape index (κ2) is 5.13. The number of piperidine rings is 1. The number of carbonyl (C=O) groups is 2. The highest BCUT2D eigenvalue weighted by atomic mass is 16.7. The van der Waals surface area contributed by atoms with Crippen LogP contribution in [0.2, 0.25) is 0 Å². The van der Waals surface area contributed by atoms with Gasteiger partial charge < -0.3 is 15.2 Å². The number of benzene rings is 1. The van der Waals surface area contributed by atoms with Gasteiger partial charge >= 0.3 is 0 Å². The van der Waals surface area contributed by atoms with Crippen LogP contribution >= 0.6 is 0 Å². The van der Waals surface area contributed by atoms with Crippen molar-refractivity contribution in [2.45, 2.75) is 25.3 Å². The smallest absolute Gasteiger partial charge is 0.231 e. The summed E-state index contributed by atoms with van der Waals surface area (Å²) in [7, 11) is 0. The van der Waals surface area contributed by atoms with Gasteiger partial charge in [-0.3, -0.25) is 14.5 Å². The van der Waals surface area contributed by atoms with Crippen LogP contribution in [0.15, 0.2) is 18.2 Å². The number of nitrogens with zero attached hydrogens (tertiary/aromatic N) is 1. The molecule has 1 fully saturated rings. The van der Waals surface area contributed by atoms with Gasteiger partial charge in [0.1, 0.15) is 0 Å². The molecular formula is C14H16N2O4. The molecule has 0 saturated carbocycles. The maximum Gasteiger partial charge on any atom is 0.231 e. The van der Waals surface area contributed by atoms with Gasteiger partial charge in [0.25, 0.3) is 0 Å². The number of rotatable bonds is 3. The van der Waals surface area contributed by atoms with Crippen molar-refractivity contribution in [2.75, 3.05) is 13.3 Å². The molecule has 0 bridgehead atoms. The van der Waals surface area contributed by atoms with Gasteiger partial charge in [0.05, 0.1) is 0 Å². The number of hydrogen-bond acceptors (Lipinski definition) is 5. The third-order valence-electron chi connectivity index (χ3n) is 3.59. The minimum absolute atomic E-state index is 0.141. The first-order chi connectivity index (χ1) is 9.65. The zero-order valence-corrected chi connectivity index (χ0v) is 11.0. The van der Waals surface area contributed by atoms with Gasteiger partial charge in [-0.15, -0.1) is 0 Å². The molecule has 6 heteroatoms. The van der Waals surface area contributed by atoms with Crippen molar-refractivity contribution in [2.24, 2.45) is 5.73 Å². The summed E-state index contributed by atoms with van der Waals surface area (Å²) in [5.41, 5.74) is 6.92. The van der Waals surface area contributed by atoms with Crippen LogP contribution in [0, 0.1) is 0 Å². The second-order valence-electron chi connectivity index (χ2n) is 4.97. The Balaban J connectivity index is 1.74. The largest absolute Gasteiger partial charge is 0.454 e.